The lowest BCUT2D eigenvalue weighted by atomic mass is 10.1. The molecule has 1 aliphatic heterocycles. The van der Waals surface area contributed by atoms with Gasteiger partial charge in [-0.15, -0.1) is 0 Å². The van der Waals surface area contributed by atoms with Crippen LogP contribution in [0.5, 0.6) is 0 Å². The van der Waals surface area contributed by atoms with E-state index in [1.165, 1.54) is 10.9 Å². The number of rotatable bonds is 6. The van der Waals surface area contributed by atoms with Crippen LogP contribution in [0.15, 0.2) is 11.1 Å². The predicted molar refractivity (Wildman–Crippen MR) is 94.4 cm³/mol. The number of aliphatic hydroxyl groups is 2. The molecule has 0 aliphatic carbocycles. The molecule has 0 saturated carbocycles. The molecule has 1 amide bonds. The van der Waals surface area contributed by atoms with Crippen molar-refractivity contribution in [2.45, 2.75) is 50.3 Å². The number of amides is 1. The highest BCUT2D eigenvalue weighted by Crippen LogP contribution is 2.31. The highest BCUT2D eigenvalue weighted by molar-refractivity contribution is 5.82. The predicted octanol–water partition coefficient (Wildman–Crippen LogP) is -2.44. The van der Waals surface area contributed by atoms with Gasteiger partial charge in [0.2, 0.25) is 11.9 Å². The number of aromatic amines is 1. The number of ether oxygens (including phenoxy) is 1. The second kappa shape index (κ2) is 7.60. The molecule has 3 heterocycles. The van der Waals surface area contributed by atoms with Crippen molar-refractivity contribution in [1.82, 2.24) is 24.8 Å². The smallest absolute Gasteiger partial charge is 0.280 e. The average Bonchev–Trinajstić information content (AvgIpc) is 3.17. The number of nitrogen functional groups attached to an aromatic ring is 1. The van der Waals surface area contributed by atoms with E-state index in [9.17, 15) is 19.8 Å². The highest BCUT2D eigenvalue weighted by Gasteiger charge is 2.46. The number of carbonyl (C=O) groups excluding carboxylic acids is 1. The summed E-state index contributed by atoms with van der Waals surface area (Å²) in [7, 11) is 0. The lowest BCUT2D eigenvalue weighted by Crippen LogP contribution is -2.51. The van der Waals surface area contributed by atoms with Crippen molar-refractivity contribution < 1.29 is 19.7 Å². The average molecular weight is 381 g/mol. The largest absolute Gasteiger partial charge is 0.394 e. The fourth-order valence-corrected chi connectivity index (χ4v) is 3.13. The normalized spacial score (nSPS) is 26.4. The summed E-state index contributed by atoms with van der Waals surface area (Å²) in [6.07, 6.45) is -0.610. The fraction of sp³-hybridized carbons (Fsp3) is 0.600. The standard InChI is InChI=1S/C15H23N7O5/c1-2-3-6(16)12(25)19-8-10(24)7(4-23)27-14(8)22-5-18-9-11(22)20-15(17)21-13(9)26/h5-8,10,14,23-24H,2-4,16H2,1H3,(H,19,25)(H3,17,20,21,26)/t6?,7-,8?,10?,14-/m1/s1. The number of hydrogen-bond donors (Lipinski definition) is 6. The van der Waals surface area contributed by atoms with Crippen molar-refractivity contribution in [3.05, 3.63) is 16.7 Å². The van der Waals surface area contributed by atoms with E-state index in [2.05, 4.69) is 20.3 Å². The maximum atomic E-state index is 12.3. The molecular weight excluding hydrogens is 358 g/mol. The summed E-state index contributed by atoms with van der Waals surface area (Å²) >= 11 is 0. The number of hydrogen-bond acceptors (Lipinski definition) is 9. The first-order valence-corrected chi connectivity index (χ1v) is 8.60. The molecule has 3 rings (SSSR count). The third-order valence-corrected chi connectivity index (χ3v) is 4.52. The minimum absolute atomic E-state index is 0.0301. The Morgan fingerprint density at radius 2 is 2.30 bits per heavy atom. The Labute approximate surface area is 153 Å². The van der Waals surface area contributed by atoms with Gasteiger partial charge in [-0.05, 0) is 6.42 Å². The Balaban J connectivity index is 1.97. The number of nitrogens with one attached hydrogen (secondary N) is 2. The van der Waals surface area contributed by atoms with Gasteiger partial charge in [0.1, 0.15) is 18.2 Å². The first kappa shape index (κ1) is 19.2. The van der Waals surface area contributed by atoms with Gasteiger partial charge in [0.25, 0.3) is 5.56 Å². The van der Waals surface area contributed by atoms with Crippen LogP contribution in [-0.2, 0) is 9.53 Å². The van der Waals surface area contributed by atoms with Crippen LogP contribution in [0.4, 0.5) is 5.95 Å². The zero-order valence-electron chi connectivity index (χ0n) is 14.7. The van der Waals surface area contributed by atoms with Gasteiger partial charge < -0.3 is 31.7 Å². The Bertz CT molecular complexity index is 881. The van der Waals surface area contributed by atoms with Crippen molar-refractivity contribution in [2.24, 2.45) is 5.73 Å². The molecule has 3 unspecified atom stereocenters. The van der Waals surface area contributed by atoms with E-state index in [1.54, 1.807) is 0 Å². The SMILES string of the molecule is CCCC(N)C(=O)NC1C(O)[C@@H](CO)O[C@H]1n1cnc2c(=O)[nH]c(N)nc21. The van der Waals surface area contributed by atoms with Gasteiger partial charge in [-0.1, -0.05) is 13.3 Å². The minimum Gasteiger partial charge on any atom is -0.394 e. The van der Waals surface area contributed by atoms with Gasteiger partial charge in [0.15, 0.2) is 17.4 Å². The number of carbonyl (C=O) groups is 1. The van der Waals surface area contributed by atoms with E-state index in [1.807, 2.05) is 6.92 Å². The first-order valence-electron chi connectivity index (χ1n) is 8.60. The van der Waals surface area contributed by atoms with Crippen LogP contribution in [0.3, 0.4) is 0 Å². The number of aromatic nitrogens is 4. The van der Waals surface area contributed by atoms with Crippen molar-refractivity contribution in [3.8, 4) is 0 Å². The van der Waals surface area contributed by atoms with E-state index >= 15 is 0 Å². The van der Waals surface area contributed by atoms with Crippen LogP contribution in [0.2, 0.25) is 0 Å². The summed E-state index contributed by atoms with van der Waals surface area (Å²) < 4.78 is 7.07. The molecule has 0 spiro atoms. The van der Waals surface area contributed by atoms with Crippen LogP contribution in [0.25, 0.3) is 11.2 Å². The third-order valence-electron chi connectivity index (χ3n) is 4.52. The van der Waals surface area contributed by atoms with E-state index in [0.717, 1.165) is 6.42 Å². The van der Waals surface area contributed by atoms with Gasteiger partial charge in [-0.2, -0.15) is 4.98 Å². The molecule has 27 heavy (non-hydrogen) atoms. The Kier molecular flexibility index (Phi) is 5.41. The molecule has 1 aliphatic rings. The fourth-order valence-electron chi connectivity index (χ4n) is 3.13. The van der Waals surface area contributed by atoms with Gasteiger partial charge >= 0.3 is 0 Å². The molecular formula is C15H23N7O5. The molecule has 8 N–H and O–H groups in total. The lowest BCUT2D eigenvalue weighted by Gasteiger charge is -2.24. The highest BCUT2D eigenvalue weighted by atomic mass is 16.5. The number of fused-ring (bicyclic) bond motifs is 1. The Morgan fingerprint density at radius 1 is 1.56 bits per heavy atom. The monoisotopic (exact) mass is 381 g/mol. The van der Waals surface area contributed by atoms with E-state index in [4.69, 9.17) is 16.2 Å². The van der Waals surface area contributed by atoms with Gasteiger partial charge in [0, 0.05) is 0 Å². The topological polar surface area (TPSA) is 194 Å². The molecule has 0 radical (unpaired) electrons. The summed E-state index contributed by atoms with van der Waals surface area (Å²) in [6.45, 7) is 1.43. The molecule has 0 bridgehead atoms. The second-order valence-corrected chi connectivity index (χ2v) is 6.44. The molecule has 2 aromatic heterocycles. The van der Waals surface area contributed by atoms with E-state index in [-0.39, 0.29) is 17.1 Å². The van der Waals surface area contributed by atoms with Crippen LogP contribution in [0, 0.1) is 0 Å². The molecule has 1 fully saturated rings. The molecule has 12 nitrogen and oxygen atoms in total. The van der Waals surface area contributed by atoms with E-state index in [0.29, 0.717) is 6.42 Å². The van der Waals surface area contributed by atoms with Gasteiger partial charge in [-0.3, -0.25) is 19.1 Å². The van der Waals surface area contributed by atoms with Crippen molar-refractivity contribution >= 4 is 23.0 Å². The minimum atomic E-state index is -1.20. The zero-order valence-corrected chi connectivity index (χ0v) is 14.7. The number of aliphatic hydroxyl groups excluding tert-OH is 2. The molecule has 12 heteroatoms. The summed E-state index contributed by atoms with van der Waals surface area (Å²) in [5.41, 5.74) is 11.1. The Hall–Kier alpha value is -2.54. The van der Waals surface area contributed by atoms with Crippen molar-refractivity contribution in [3.63, 3.8) is 0 Å². The molecule has 5 atom stereocenters. The summed E-state index contributed by atoms with van der Waals surface area (Å²) in [5.74, 6) is -0.570. The van der Waals surface area contributed by atoms with Crippen molar-refractivity contribution in [2.75, 3.05) is 12.3 Å². The molecule has 1 saturated heterocycles. The maximum absolute atomic E-state index is 12.3. The first-order chi connectivity index (χ1) is 12.9. The summed E-state index contributed by atoms with van der Waals surface area (Å²) in [4.78, 5) is 34.7. The summed E-state index contributed by atoms with van der Waals surface area (Å²) in [5, 5.41) is 22.6. The van der Waals surface area contributed by atoms with Crippen molar-refractivity contribution in [1.29, 1.82) is 0 Å². The third kappa shape index (κ3) is 3.51. The number of anilines is 1. The number of H-pyrrole nitrogens is 1. The number of nitrogens with zero attached hydrogens (tertiary/aromatic N) is 3. The second-order valence-electron chi connectivity index (χ2n) is 6.44. The van der Waals surface area contributed by atoms with Gasteiger partial charge in [0.05, 0.1) is 19.0 Å². The van der Waals surface area contributed by atoms with Gasteiger partial charge in [-0.25, -0.2) is 4.98 Å². The quantitative estimate of drug-likeness (QED) is 0.315. The number of nitrogens with two attached hydrogens (primary N) is 2. The molecule has 2 aromatic rings. The Morgan fingerprint density at radius 3 is 2.96 bits per heavy atom. The van der Waals surface area contributed by atoms with Crippen LogP contribution < -0.4 is 22.3 Å². The zero-order chi connectivity index (χ0) is 19.7. The molecule has 148 valence electrons. The summed E-state index contributed by atoms with van der Waals surface area (Å²) in [6, 6.07) is -1.68. The lowest BCUT2D eigenvalue weighted by molar-refractivity contribution is -0.124. The van der Waals surface area contributed by atoms with Crippen LogP contribution >= 0.6 is 0 Å². The van der Waals surface area contributed by atoms with Crippen LogP contribution in [0.1, 0.15) is 26.0 Å². The maximum Gasteiger partial charge on any atom is 0.280 e. The van der Waals surface area contributed by atoms with Crippen LogP contribution in [-0.4, -0.2) is 66.5 Å². The number of imidazole rings is 1. The van der Waals surface area contributed by atoms with E-state index < -0.39 is 48.6 Å². The molecule has 0 aromatic carbocycles.